The first kappa shape index (κ1) is 12.6. The van der Waals surface area contributed by atoms with Crippen molar-refractivity contribution >= 4 is 23.1 Å². The number of thiophene rings is 1. The Balaban J connectivity index is 2.38. The zero-order valence-corrected chi connectivity index (χ0v) is 10.8. The fraction of sp³-hybridized carbons (Fsp3) is 0.545. The molecule has 0 aliphatic carbocycles. The molecule has 0 fully saturated rings. The molecular formula is C11H16N2S2. The maximum atomic E-state index is 8.70. The van der Waals surface area contributed by atoms with Crippen molar-refractivity contribution < 1.29 is 0 Å². The van der Waals surface area contributed by atoms with Crippen LogP contribution in [-0.2, 0) is 6.54 Å². The molecule has 1 N–H and O–H groups in total. The molecule has 0 spiro atoms. The molecule has 0 radical (unpaired) electrons. The van der Waals surface area contributed by atoms with Crippen molar-refractivity contribution in [3.8, 4) is 6.07 Å². The van der Waals surface area contributed by atoms with E-state index in [1.165, 1.54) is 4.88 Å². The second-order valence-electron chi connectivity index (χ2n) is 3.32. The lowest BCUT2D eigenvalue weighted by atomic mass is 10.2. The zero-order chi connectivity index (χ0) is 11.1. The molecule has 1 aromatic heterocycles. The highest BCUT2D eigenvalue weighted by molar-refractivity contribution is 7.98. The third-order valence-electron chi connectivity index (χ3n) is 2.20. The monoisotopic (exact) mass is 240 g/mol. The fourth-order valence-corrected chi connectivity index (χ4v) is 2.81. The molecule has 0 aliphatic rings. The third-order valence-corrected chi connectivity index (χ3v) is 3.92. The number of thioether (sulfide) groups is 1. The Kier molecular flexibility index (Phi) is 5.77. The number of hydrogen-bond acceptors (Lipinski definition) is 4. The van der Waals surface area contributed by atoms with E-state index in [0.717, 1.165) is 23.6 Å². The summed E-state index contributed by atoms with van der Waals surface area (Å²) < 4.78 is 0. The van der Waals surface area contributed by atoms with Gasteiger partial charge in [-0.3, -0.25) is 0 Å². The molecule has 0 amide bonds. The first-order chi connectivity index (χ1) is 7.30. The van der Waals surface area contributed by atoms with E-state index in [0.29, 0.717) is 6.04 Å². The Bertz CT molecular complexity index is 328. The number of nitriles is 1. The van der Waals surface area contributed by atoms with Crippen molar-refractivity contribution in [1.29, 1.82) is 5.26 Å². The van der Waals surface area contributed by atoms with E-state index in [-0.39, 0.29) is 0 Å². The van der Waals surface area contributed by atoms with Gasteiger partial charge >= 0.3 is 0 Å². The SMILES string of the molecule is CCC(CSC)NCc1ccc(C#N)s1. The maximum Gasteiger partial charge on any atom is 0.110 e. The Labute approximate surface area is 99.7 Å². The minimum absolute atomic E-state index is 0.577. The molecule has 4 heteroatoms. The highest BCUT2D eigenvalue weighted by Gasteiger charge is 2.05. The predicted octanol–water partition coefficient (Wildman–Crippen LogP) is 2.85. The van der Waals surface area contributed by atoms with E-state index in [4.69, 9.17) is 5.26 Å². The molecule has 82 valence electrons. The van der Waals surface area contributed by atoms with Crippen LogP contribution in [0, 0.1) is 11.3 Å². The Morgan fingerprint density at radius 3 is 2.93 bits per heavy atom. The molecule has 2 nitrogen and oxygen atoms in total. The molecule has 1 unspecified atom stereocenters. The van der Waals surface area contributed by atoms with Gasteiger partial charge in [0.2, 0.25) is 0 Å². The van der Waals surface area contributed by atoms with Crippen LogP contribution in [0.1, 0.15) is 23.1 Å². The van der Waals surface area contributed by atoms with Crippen LogP contribution in [0.15, 0.2) is 12.1 Å². The van der Waals surface area contributed by atoms with Crippen molar-refractivity contribution in [3.63, 3.8) is 0 Å². The van der Waals surface area contributed by atoms with Gasteiger partial charge in [0.25, 0.3) is 0 Å². The highest BCUT2D eigenvalue weighted by atomic mass is 32.2. The van der Waals surface area contributed by atoms with Crippen LogP contribution in [0.5, 0.6) is 0 Å². The van der Waals surface area contributed by atoms with Crippen LogP contribution >= 0.6 is 23.1 Å². The minimum Gasteiger partial charge on any atom is -0.308 e. The van der Waals surface area contributed by atoms with E-state index in [9.17, 15) is 0 Å². The quantitative estimate of drug-likeness (QED) is 0.830. The number of nitrogens with zero attached hydrogens (tertiary/aromatic N) is 1. The molecule has 0 aromatic carbocycles. The molecule has 1 heterocycles. The van der Waals surface area contributed by atoms with Gasteiger partial charge in [0.15, 0.2) is 0 Å². The van der Waals surface area contributed by atoms with Crippen LogP contribution in [0.4, 0.5) is 0 Å². The van der Waals surface area contributed by atoms with Gasteiger partial charge in [0, 0.05) is 23.2 Å². The van der Waals surface area contributed by atoms with Gasteiger partial charge in [-0.1, -0.05) is 6.92 Å². The third kappa shape index (κ3) is 4.25. The fourth-order valence-electron chi connectivity index (χ4n) is 1.30. The van der Waals surface area contributed by atoms with Crippen molar-refractivity contribution in [2.24, 2.45) is 0 Å². The summed E-state index contributed by atoms with van der Waals surface area (Å²) >= 11 is 3.44. The lowest BCUT2D eigenvalue weighted by molar-refractivity contribution is 0.544. The van der Waals surface area contributed by atoms with E-state index in [2.05, 4.69) is 24.6 Å². The lowest BCUT2D eigenvalue weighted by Crippen LogP contribution is -2.29. The van der Waals surface area contributed by atoms with Gasteiger partial charge < -0.3 is 5.32 Å². The standard InChI is InChI=1S/C11H16N2S2/c1-3-9(8-14-2)13-7-11-5-4-10(6-12)15-11/h4-5,9,13H,3,7-8H2,1-2H3. The average molecular weight is 240 g/mol. The van der Waals surface area contributed by atoms with E-state index >= 15 is 0 Å². The van der Waals surface area contributed by atoms with Crippen LogP contribution in [-0.4, -0.2) is 18.1 Å². The van der Waals surface area contributed by atoms with Crippen LogP contribution in [0.3, 0.4) is 0 Å². The second kappa shape index (κ2) is 6.89. The molecule has 1 rings (SSSR count). The van der Waals surface area contributed by atoms with E-state index in [1.54, 1.807) is 11.3 Å². The number of nitrogens with one attached hydrogen (secondary N) is 1. The first-order valence-electron chi connectivity index (χ1n) is 5.01. The summed E-state index contributed by atoms with van der Waals surface area (Å²) in [5, 5.41) is 12.2. The van der Waals surface area contributed by atoms with Crippen LogP contribution in [0.25, 0.3) is 0 Å². The average Bonchev–Trinajstić information content (AvgIpc) is 2.72. The van der Waals surface area contributed by atoms with Crippen molar-refractivity contribution in [2.45, 2.75) is 25.9 Å². The predicted molar refractivity (Wildman–Crippen MR) is 68.3 cm³/mol. The second-order valence-corrected chi connectivity index (χ2v) is 5.40. The lowest BCUT2D eigenvalue weighted by Gasteiger charge is -2.14. The minimum atomic E-state index is 0.577. The molecular weight excluding hydrogens is 224 g/mol. The summed E-state index contributed by atoms with van der Waals surface area (Å²) in [6.07, 6.45) is 3.28. The van der Waals surface area contributed by atoms with Crippen molar-refractivity contribution in [2.75, 3.05) is 12.0 Å². The van der Waals surface area contributed by atoms with E-state index in [1.807, 2.05) is 23.9 Å². The van der Waals surface area contributed by atoms with Crippen molar-refractivity contribution in [1.82, 2.24) is 5.32 Å². The summed E-state index contributed by atoms with van der Waals surface area (Å²) in [4.78, 5) is 2.04. The van der Waals surface area contributed by atoms with Gasteiger partial charge in [0.05, 0.1) is 0 Å². The summed E-state index contributed by atoms with van der Waals surface area (Å²) in [6.45, 7) is 3.08. The highest BCUT2D eigenvalue weighted by Crippen LogP contribution is 2.15. The zero-order valence-electron chi connectivity index (χ0n) is 9.12. The molecule has 0 saturated heterocycles. The summed E-state index contributed by atoms with van der Waals surface area (Å²) in [5.74, 6) is 1.15. The summed E-state index contributed by atoms with van der Waals surface area (Å²) in [5.41, 5.74) is 0. The largest absolute Gasteiger partial charge is 0.308 e. The Morgan fingerprint density at radius 2 is 2.40 bits per heavy atom. The van der Waals surface area contributed by atoms with E-state index < -0.39 is 0 Å². The molecule has 15 heavy (non-hydrogen) atoms. The van der Waals surface area contributed by atoms with Gasteiger partial charge in [-0.2, -0.15) is 17.0 Å². The van der Waals surface area contributed by atoms with Crippen LogP contribution in [0.2, 0.25) is 0 Å². The summed E-state index contributed by atoms with van der Waals surface area (Å²) in [6, 6.07) is 6.65. The first-order valence-corrected chi connectivity index (χ1v) is 7.22. The van der Waals surface area contributed by atoms with Crippen LogP contribution < -0.4 is 5.32 Å². The molecule has 0 bridgehead atoms. The Morgan fingerprint density at radius 1 is 1.60 bits per heavy atom. The normalized spacial score (nSPS) is 12.3. The van der Waals surface area contributed by atoms with Gasteiger partial charge in [-0.15, -0.1) is 11.3 Å². The Hall–Kier alpha value is -0.500. The molecule has 1 atom stereocenters. The molecule has 0 saturated carbocycles. The number of hydrogen-bond donors (Lipinski definition) is 1. The van der Waals surface area contributed by atoms with Crippen molar-refractivity contribution in [3.05, 3.63) is 21.9 Å². The maximum absolute atomic E-state index is 8.70. The van der Waals surface area contributed by atoms with Gasteiger partial charge in [-0.25, -0.2) is 0 Å². The van der Waals surface area contributed by atoms with Gasteiger partial charge in [0.1, 0.15) is 10.9 Å². The summed E-state index contributed by atoms with van der Waals surface area (Å²) in [7, 11) is 0. The molecule has 0 aliphatic heterocycles. The topological polar surface area (TPSA) is 35.8 Å². The smallest absolute Gasteiger partial charge is 0.110 e. The number of rotatable bonds is 6. The van der Waals surface area contributed by atoms with Gasteiger partial charge in [-0.05, 0) is 24.8 Å². The molecule has 1 aromatic rings.